The normalized spacial score (nSPS) is 14.5. The summed E-state index contributed by atoms with van der Waals surface area (Å²) in [4.78, 5) is 11.4. The van der Waals surface area contributed by atoms with Crippen molar-refractivity contribution in [2.45, 2.75) is 52.4 Å². The van der Waals surface area contributed by atoms with Crippen molar-refractivity contribution in [1.29, 1.82) is 0 Å². The summed E-state index contributed by atoms with van der Waals surface area (Å²) in [5.41, 5.74) is 2.33. The molecule has 1 aromatic carbocycles. The standard InChI is InChI=1S/C15H22O/c1-5-10-15(4,6-2)14-9-7-8-13(11-14)12(3)16/h7-9,11H,5-6,10H2,1-4H3. The van der Waals surface area contributed by atoms with Gasteiger partial charge >= 0.3 is 0 Å². The van der Waals surface area contributed by atoms with Gasteiger partial charge < -0.3 is 0 Å². The molecule has 0 spiro atoms. The summed E-state index contributed by atoms with van der Waals surface area (Å²) in [5, 5.41) is 0. The van der Waals surface area contributed by atoms with E-state index in [0.717, 1.165) is 12.0 Å². The van der Waals surface area contributed by atoms with Crippen molar-refractivity contribution in [3.63, 3.8) is 0 Å². The van der Waals surface area contributed by atoms with Crippen LogP contribution >= 0.6 is 0 Å². The van der Waals surface area contributed by atoms with Gasteiger partial charge in [0.15, 0.2) is 5.78 Å². The number of carbonyl (C=O) groups excluding carboxylic acids is 1. The molecule has 16 heavy (non-hydrogen) atoms. The second-order valence-corrected chi connectivity index (χ2v) is 4.80. The predicted molar refractivity (Wildman–Crippen MR) is 69.0 cm³/mol. The predicted octanol–water partition coefficient (Wildman–Crippen LogP) is 4.36. The molecule has 0 aliphatic heterocycles. The molecule has 0 amide bonds. The molecule has 0 radical (unpaired) electrons. The number of carbonyl (C=O) groups is 1. The lowest BCUT2D eigenvalue weighted by molar-refractivity contribution is 0.101. The molecule has 0 aromatic heterocycles. The highest BCUT2D eigenvalue weighted by molar-refractivity contribution is 5.94. The Hall–Kier alpha value is -1.11. The van der Waals surface area contributed by atoms with E-state index in [1.165, 1.54) is 18.4 Å². The van der Waals surface area contributed by atoms with Crippen LogP contribution in [0.3, 0.4) is 0 Å². The minimum Gasteiger partial charge on any atom is -0.295 e. The van der Waals surface area contributed by atoms with Gasteiger partial charge in [0.05, 0.1) is 0 Å². The van der Waals surface area contributed by atoms with E-state index >= 15 is 0 Å². The Kier molecular flexibility index (Phi) is 4.28. The summed E-state index contributed by atoms with van der Waals surface area (Å²) in [6.07, 6.45) is 3.46. The Bertz CT molecular complexity index is 367. The molecule has 1 atom stereocenters. The average molecular weight is 218 g/mol. The van der Waals surface area contributed by atoms with Gasteiger partial charge in [-0.05, 0) is 36.8 Å². The molecule has 1 aromatic rings. The van der Waals surface area contributed by atoms with Gasteiger partial charge in [0.2, 0.25) is 0 Å². The topological polar surface area (TPSA) is 17.1 Å². The van der Waals surface area contributed by atoms with E-state index in [9.17, 15) is 4.79 Å². The van der Waals surface area contributed by atoms with Crippen molar-refractivity contribution in [3.05, 3.63) is 35.4 Å². The van der Waals surface area contributed by atoms with Crippen LogP contribution < -0.4 is 0 Å². The van der Waals surface area contributed by atoms with Crippen LogP contribution in [0.25, 0.3) is 0 Å². The molecule has 0 heterocycles. The summed E-state index contributed by atoms with van der Waals surface area (Å²) in [7, 11) is 0. The smallest absolute Gasteiger partial charge is 0.159 e. The summed E-state index contributed by atoms with van der Waals surface area (Å²) in [5.74, 6) is 0.150. The molecule has 0 fully saturated rings. The van der Waals surface area contributed by atoms with E-state index in [4.69, 9.17) is 0 Å². The SMILES string of the molecule is CCCC(C)(CC)c1cccc(C(C)=O)c1. The highest BCUT2D eigenvalue weighted by Gasteiger charge is 2.23. The fraction of sp³-hybridized carbons (Fsp3) is 0.533. The van der Waals surface area contributed by atoms with Crippen molar-refractivity contribution < 1.29 is 4.79 Å². The Labute approximate surface area is 98.9 Å². The maximum Gasteiger partial charge on any atom is 0.159 e. The first kappa shape index (κ1) is 13.0. The van der Waals surface area contributed by atoms with E-state index < -0.39 is 0 Å². The molecule has 0 saturated carbocycles. The van der Waals surface area contributed by atoms with Crippen LogP contribution in [-0.4, -0.2) is 5.78 Å². The van der Waals surface area contributed by atoms with Crippen LogP contribution in [0.15, 0.2) is 24.3 Å². The van der Waals surface area contributed by atoms with Crippen LogP contribution in [0.2, 0.25) is 0 Å². The maximum absolute atomic E-state index is 11.4. The summed E-state index contributed by atoms with van der Waals surface area (Å²) in [6.45, 7) is 8.34. The van der Waals surface area contributed by atoms with Crippen molar-refractivity contribution in [1.82, 2.24) is 0 Å². The van der Waals surface area contributed by atoms with Crippen molar-refractivity contribution >= 4 is 5.78 Å². The van der Waals surface area contributed by atoms with E-state index in [0.29, 0.717) is 0 Å². The van der Waals surface area contributed by atoms with Crippen LogP contribution in [0, 0.1) is 0 Å². The van der Waals surface area contributed by atoms with Crippen LogP contribution in [0.5, 0.6) is 0 Å². The third-order valence-electron chi connectivity index (χ3n) is 3.55. The highest BCUT2D eigenvalue weighted by Crippen LogP contribution is 2.32. The summed E-state index contributed by atoms with van der Waals surface area (Å²) in [6, 6.07) is 8.09. The first-order valence-corrected chi connectivity index (χ1v) is 6.15. The molecule has 88 valence electrons. The second-order valence-electron chi connectivity index (χ2n) is 4.80. The fourth-order valence-electron chi connectivity index (χ4n) is 2.19. The van der Waals surface area contributed by atoms with Crippen molar-refractivity contribution in [2.75, 3.05) is 0 Å². The maximum atomic E-state index is 11.4. The third-order valence-corrected chi connectivity index (χ3v) is 3.55. The molecular formula is C15H22O. The minimum absolute atomic E-state index is 0.150. The number of benzene rings is 1. The van der Waals surface area contributed by atoms with E-state index in [2.05, 4.69) is 32.9 Å². The number of hydrogen-bond acceptors (Lipinski definition) is 1. The fourth-order valence-corrected chi connectivity index (χ4v) is 2.19. The molecule has 0 N–H and O–H groups in total. The van der Waals surface area contributed by atoms with Crippen molar-refractivity contribution in [2.24, 2.45) is 0 Å². The minimum atomic E-state index is 0.150. The van der Waals surface area contributed by atoms with E-state index in [-0.39, 0.29) is 11.2 Å². The first-order chi connectivity index (χ1) is 7.53. The van der Waals surface area contributed by atoms with Gasteiger partial charge in [-0.25, -0.2) is 0 Å². The molecule has 1 rings (SSSR count). The lowest BCUT2D eigenvalue weighted by atomic mass is 9.76. The van der Waals surface area contributed by atoms with Gasteiger partial charge in [-0.1, -0.05) is 45.4 Å². The molecule has 1 unspecified atom stereocenters. The Morgan fingerprint density at radius 2 is 2.00 bits per heavy atom. The number of rotatable bonds is 5. The van der Waals surface area contributed by atoms with Gasteiger partial charge in [-0.3, -0.25) is 4.79 Å². The number of ketones is 1. The Balaban J connectivity index is 3.10. The van der Waals surface area contributed by atoms with E-state index in [1.54, 1.807) is 6.92 Å². The van der Waals surface area contributed by atoms with Gasteiger partial charge in [0, 0.05) is 5.56 Å². The molecular weight excluding hydrogens is 196 g/mol. The lowest BCUT2D eigenvalue weighted by Crippen LogP contribution is -2.20. The number of hydrogen-bond donors (Lipinski definition) is 0. The first-order valence-electron chi connectivity index (χ1n) is 6.15. The molecule has 0 saturated heterocycles. The van der Waals surface area contributed by atoms with Crippen LogP contribution in [0.4, 0.5) is 0 Å². The van der Waals surface area contributed by atoms with Gasteiger partial charge in [-0.2, -0.15) is 0 Å². The second kappa shape index (κ2) is 5.29. The zero-order valence-corrected chi connectivity index (χ0v) is 10.8. The highest BCUT2D eigenvalue weighted by atomic mass is 16.1. The third kappa shape index (κ3) is 2.72. The zero-order chi connectivity index (χ0) is 12.2. The molecule has 0 bridgehead atoms. The molecule has 0 aliphatic carbocycles. The number of Topliss-reactive ketones (excluding diaryl/α,β-unsaturated/α-hetero) is 1. The Morgan fingerprint density at radius 3 is 2.50 bits per heavy atom. The average Bonchev–Trinajstić information content (AvgIpc) is 2.29. The lowest BCUT2D eigenvalue weighted by Gasteiger charge is -2.28. The molecule has 0 aliphatic rings. The van der Waals surface area contributed by atoms with E-state index in [1.807, 2.05) is 12.1 Å². The van der Waals surface area contributed by atoms with Crippen LogP contribution in [-0.2, 0) is 5.41 Å². The molecule has 1 heteroatoms. The van der Waals surface area contributed by atoms with Gasteiger partial charge in [0.25, 0.3) is 0 Å². The van der Waals surface area contributed by atoms with Crippen molar-refractivity contribution in [3.8, 4) is 0 Å². The summed E-state index contributed by atoms with van der Waals surface area (Å²) < 4.78 is 0. The zero-order valence-electron chi connectivity index (χ0n) is 10.8. The monoisotopic (exact) mass is 218 g/mol. The largest absolute Gasteiger partial charge is 0.295 e. The molecule has 1 nitrogen and oxygen atoms in total. The van der Waals surface area contributed by atoms with Crippen LogP contribution in [0.1, 0.15) is 62.9 Å². The van der Waals surface area contributed by atoms with Gasteiger partial charge in [0.1, 0.15) is 0 Å². The summed E-state index contributed by atoms with van der Waals surface area (Å²) >= 11 is 0. The quantitative estimate of drug-likeness (QED) is 0.671. The Morgan fingerprint density at radius 1 is 1.31 bits per heavy atom. The van der Waals surface area contributed by atoms with Gasteiger partial charge in [-0.15, -0.1) is 0 Å².